The molecule has 0 amide bonds. The summed E-state index contributed by atoms with van der Waals surface area (Å²) in [5, 5.41) is 19.8. The Hall–Kier alpha value is -2.96. The molecule has 0 aliphatic rings. The Kier molecular flexibility index (Phi) is 4.13. The molecule has 1 aromatic carbocycles. The topological polar surface area (TPSA) is 103 Å². The summed E-state index contributed by atoms with van der Waals surface area (Å²) in [6, 6.07) is 5.38. The second-order valence-corrected chi connectivity index (χ2v) is 4.40. The predicted octanol–water partition coefficient (Wildman–Crippen LogP) is 2.58. The lowest BCUT2D eigenvalue weighted by molar-refractivity contribution is -0.386. The second-order valence-electron chi connectivity index (χ2n) is 4.40. The van der Waals surface area contributed by atoms with Crippen molar-refractivity contribution in [2.45, 2.75) is 13.5 Å². The number of carboxylic acid groups (broad SMARTS) is 1. The van der Waals surface area contributed by atoms with E-state index in [1.54, 1.807) is 12.4 Å². The van der Waals surface area contributed by atoms with Gasteiger partial charge in [-0.15, -0.1) is 0 Å². The zero-order chi connectivity index (χ0) is 15.4. The van der Waals surface area contributed by atoms with Crippen LogP contribution in [0.5, 0.6) is 5.75 Å². The van der Waals surface area contributed by atoms with Gasteiger partial charge in [-0.25, -0.2) is 4.79 Å². The van der Waals surface area contributed by atoms with Gasteiger partial charge < -0.3 is 9.84 Å². The van der Waals surface area contributed by atoms with Crippen molar-refractivity contribution < 1.29 is 19.6 Å². The molecule has 7 nitrogen and oxygen atoms in total. The van der Waals surface area contributed by atoms with Gasteiger partial charge in [-0.05, 0) is 30.7 Å². The largest absolute Gasteiger partial charge is 0.482 e. The van der Waals surface area contributed by atoms with Gasteiger partial charge in [0.05, 0.1) is 10.5 Å². The van der Waals surface area contributed by atoms with Gasteiger partial charge in [-0.2, -0.15) is 0 Å². The Morgan fingerprint density at radius 3 is 2.76 bits per heavy atom. The van der Waals surface area contributed by atoms with Crippen LogP contribution in [0.4, 0.5) is 5.69 Å². The molecule has 0 unspecified atom stereocenters. The third kappa shape index (κ3) is 3.53. The van der Waals surface area contributed by atoms with Gasteiger partial charge in [0.1, 0.15) is 6.61 Å². The van der Waals surface area contributed by atoms with Crippen LogP contribution in [0, 0.1) is 17.0 Å². The van der Waals surface area contributed by atoms with Crippen LogP contribution in [0.25, 0.3) is 0 Å². The molecule has 1 aromatic heterocycles. The molecule has 0 fully saturated rings. The van der Waals surface area contributed by atoms with Crippen LogP contribution in [0.3, 0.4) is 0 Å². The highest BCUT2D eigenvalue weighted by molar-refractivity contribution is 5.88. The Bertz CT molecular complexity index is 700. The summed E-state index contributed by atoms with van der Waals surface area (Å²) < 4.78 is 5.40. The number of aryl methyl sites for hydroxylation is 1. The van der Waals surface area contributed by atoms with Crippen molar-refractivity contribution in [2.75, 3.05) is 0 Å². The molecular formula is C14H12N2O5. The highest BCUT2D eigenvalue weighted by Crippen LogP contribution is 2.28. The molecule has 0 radical (unpaired) electrons. The molecule has 0 bridgehead atoms. The van der Waals surface area contributed by atoms with Crippen molar-refractivity contribution >= 4 is 11.7 Å². The number of nitro groups is 1. The van der Waals surface area contributed by atoms with E-state index in [1.807, 2.05) is 13.0 Å². The Balaban J connectivity index is 2.23. The van der Waals surface area contributed by atoms with Crippen LogP contribution in [0.15, 0.2) is 36.7 Å². The molecule has 1 heterocycles. The molecule has 0 aliphatic heterocycles. The monoisotopic (exact) mass is 288 g/mol. The van der Waals surface area contributed by atoms with Crippen molar-refractivity contribution in [3.05, 3.63) is 63.5 Å². The van der Waals surface area contributed by atoms with E-state index < -0.39 is 10.9 Å². The number of aromatic nitrogens is 1. The molecule has 1 N–H and O–H groups in total. The summed E-state index contributed by atoms with van der Waals surface area (Å²) in [5.41, 5.74) is 1.18. The minimum absolute atomic E-state index is 0.0199. The second kappa shape index (κ2) is 6.00. The van der Waals surface area contributed by atoms with Crippen LogP contribution < -0.4 is 4.74 Å². The summed E-state index contributed by atoms with van der Waals surface area (Å²) in [5.74, 6) is -1.21. The first kappa shape index (κ1) is 14.4. The highest BCUT2D eigenvalue weighted by Gasteiger charge is 2.18. The van der Waals surface area contributed by atoms with E-state index in [1.165, 1.54) is 12.1 Å². The molecule has 7 heteroatoms. The van der Waals surface area contributed by atoms with E-state index in [9.17, 15) is 14.9 Å². The summed E-state index contributed by atoms with van der Waals surface area (Å²) in [4.78, 5) is 25.1. The average Bonchev–Trinajstić information content (AvgIpc) is 2.44. The Morgan fingerprint density at radius 2 is 2.14 bits per heavy atom. The number of pyridine rings is 1. The van der Waals surface area contributed by atoms with E-state index in [0.717, 1.165) is 17.2 Å². The summed E-state index contributed by atoms with van der Waals surface area (Å²) in [6.07, 6.45) is 3.29. The summed E-state index contributed by atoms with van der Waals surface area (Å²) in [7, 11) is 0. The number of hydrogen-bond donors (Lipinski definition) is 1. The van der Waals surface area contributed by atoms with Crippen molar-refractivity contribution in [1.29, 1.82) is 0 Å². The van der Waals surface area contributed by atoms with Gasteiger partial charge in [-0.1, -0.05) is 0 Å². The molecule has 2 aromatic rings. The van der Waals surface area contributed by atoms with E-state index in [4.69, 9.17) is 9.84 Å². The van der Waals surface area contributed by atoms with Crippen molar-refractivity contribution in [3.8, 4) is 5.75 Å². The molecule has 0 aliphatic carbocycles. The first-order valence-electron chi connectivity index (χ1n) is 6.02. The fourth-order valence-corrected chi connectivity index (χ4v) is 1.77. The number of carbonyl (C=O) groups is 1. The van der Waals surface area contributed by atoms with Crippen molar-refractivity contribution in [2.24, 2.45) is 0 Å². The quantitative estimate of drug-likeness (QED) is 0.670. The maximum atomic E-state index is 11.0. The first-order chi connectivity index (χ1) is 9.97. The third-order valence-corrected chi connectivity index (χ3v) is 2.73. The fourth-order valence-electron chi connectivity index (χ4n) is 1.77. The molecule has 108 valence electrons. The van der Waals surface area contributed by atoms with E-state index in [2.05, 4.69) is 4.98 Å². The maximum Gasteiger partial charge on any atom is 0.335 e. The van der Waals surface area contributed by atoms with E-state index in [-0.39, 0.29) is 23.6 Å². The minimum Gasteiger partial charge on any atom is -0.482 e. The van der Waals surface area contributed by atoms with Gasteiger partial charge in [0.2, 0.25) is 0 Å². The van der Waals surface area contributed by atoms with Gasteiger partial charge in [0, 0.05) is 24.0 Å². The fraction of sp³-hybridized carbons (Fsp3) is 0.143. The highest BCUT2D eigenvalue weighted by atomic mass is 16.6. The molecule has 21 heavy (non-hydrogen) atoms. The van der Waals surface area contributed by atoms with E-state index >= 15 is 0 Å². The number of benzene rings is 1. The first-order valence-corrected chi connectivity index (χ1v) is 6.02. The van der Waals surface area contributed by atoms with Gasteiger partial charge in [-0.3, -0.25) is 15.1 Å². The lowest BCUT2D eigenvalue weighted by atomic mass is 10.2. The molecule has 0 saturated carbocycles. The van der Waals surface area contributed by atoms with Crippen LogP contribution in [-0.4, -0.2) is 21.0 Å². The van der Waals surface area contributed by atoms with Crippen LogP contribution in [0.2, 0.25) is 0 Å². The smallest absolute Gasteiger partial charge is 0.335 e. The molecule has 2 rings (SSSR count). The van der Waals surface area contributed by atoms with Crippen LogP contribution >= 0.6 is 0 Å². The van der Waals surface area contributed by atoms with Crippen LogP contribution in [-0.2, 0) is 6.61 Å². The Labute approximate surface area is 120 Å². The number of rotatable bonds is 5. The SMILES string of the molecule is Cc1cncc(COc2ccc(C(=O)O)cc2[N+](=O)[O-])c1. The molecule has 0 atom stereocenters. The van der Waals surface area contributed by atoms with Crippen molar-refractivity contribution in [3.63, 3.8) is 0 Å². The van der Waals surface area contributed by atoms with Crippen LogP contribution in [0.1, 0.15) is 21.5 Å². The summed E-state index contributed by atoms with van der Waals surface area (Å²) in [6.45, 7) is 1.99. The number of carboxylic acids is 1. The predicted molar refractivity (Wildman–Crippen MR) is 73.4 cm³/mol. The lowest BCUT2D eigenvalue weighted by Crippen LogP contribution is -2.02. The number of nitro benzene ring substituents is 1. The number of aromatic carboxylic acids is 1. The van der Waals surface area contributed by atoms with Gasteiger partial charge >= 0.3 is 11.7 Å². The van der Waals surface area contributed by atoms with Crippen molar-refractivity contribution in [1.82, 2.24) is 4.98 Å². The minimum atomic E-state index is -1.23. The zero-order valence-corrected chi connectivity index (χ0v) is 11.1. The molecule has 0 spiro atoms. The van der Waals surface area contributed by atoms with Gasteiger partial charge in [0.15, 0.2) is 5.75 Å². The number of hydrogen-bond acceptors (Lipinski definition) is 5. The van der Waals surface area contributed by atoms with E-state index in [0.29, 0.717) is 0 Å². The average molecular weight is 288 g/mol. The normalized spacial score (nSPS) is 10.1. The summed E-state index contributed by atoms with van der Waals surface area (Å²) >= 11 is 0. The number of nitrogens with zero attached hydrogens (tertiary/aromatic N) is 2. The molecular weight excluding hydrogens is 276 g/mol. The van der Waals surface area contributed by atoms with Gasteiger partial charge in [0.25, 0.3) is 0 Å². The number of ether oxygens (including phenoxy) is 1. The lowest BCUT2D eigenvalue weighted by Gasteiger charge is -2.07. The third-order valence-electron chi connectivity index (χ3n) is 2.73. The standard InChI is InChI=1S/C14H12N2O5/c1-9-4-10(7-15-6-9)8-21-13-3-2-11(14(17)18)5-12(13)16(19)20/h2-7H,8H2,1H3,(H,17,18). The zero-order valence-electron chi connectivity index (χ0n) is 11.1. The molecule has 0 saturated heterocycles. The maximum absolute atomic E-state index is 11.0. The Morgan fingerprint density at radius 1 is 1.38 bits per heavy atom.